The van der Waals surface area contributed by atoms with Crippen molar-refractivity contribution in [1.29, 1.82) is 0 Å². The molecule has 1 unspecified atom stereocenters. The van der Waals surface area contributed by atoms with Gasteiger partial charge < -0.3 is 42.0 Å². The molecular formula is C32H35F3N6O6. The first-order valence-electron chi connectivity index (χ1n) is 14.2. The summed E-state index contributed by atoms with van der Waals surface area (Å²) in [5, 5.41) is 17.8. The number of nitrogens with zero attached hydrogens (tertiary/aromatic N) is 1. The van der Waals surface area contributed by atoms with E-state index >= 15 is 0 Å². The second-order valence-corrected chi connectivity index (χ2v) is 10.2. The van der Waals surface area contributed by atoms with Crippen LogP contribution in [0.15, 0.2) is 72.9 Å². The van der Waals surface area contributed by atoms with Gasteiger partial charge in [0.2, 0.25) is 5.91 Å². The number of benzene rings is 3. The van der Waals surface area contributed by atoms with Crippen molar-refractivity contribution in [3.8, 4) is 11.5 Å². The second-order valence-electron chi connectivity index (χ2n) is 10.2. The number of nitrogens with one attached hydrogen (secondary N) is 3. The lowest BCUT2D eigenvalue weighted by Crippen LogP contribution is -2.33. The number of anilines is 3. The number of hydrogen-bond acceptors (Lipinski definition) is 8. The number of primary amides is 1. The van der Waals surface area contributed by atoms with E-state index in [-0.39, 0.29) is 18.6 Å². The van der Waals surface area contributed by atoms with Crippen LogP contribution in [0.25, 0.3) is 10.8 Å². The first-order chi connectivity index (χ1) is 22.2. The average molecular weight is 657 g/mol. The van der Waals surface area contributed by atoms with Crippen molar-refractivity contribution in [3.05, 3.63) is 84.1 Å². The lowest BCUT2D eigenvalue weighted by Gasteiger charge is -2.22. The Morgan fingerprint density at radius 3 is 2.34 bits per heavy atom. The minimum absolute atomic E-state index is 0.0402. The first-order valence-corrected chi connectivity index (χ1v) is 14.2. The number of carboxylic acid groups (broad SMARTS) is 1. The van der Waals surface area contributed by atoms with E-state index in [2.05, 4.69) is 20.9 Å². The lowest BCUT2D eigenvalue weighted by molar-refractivity contribution is -0.192. The summed E-state index contributed by atoms with van der Waals surface area (Å²) in [5.41, 5.74) is 14.0. The van der Waals surface area contributed by atoms with Crippen LogP contribution >= 0.6 is 0 Å². The highest BCUT2D eigenvalue weighted by Gasteiger charge is 2.38. The van der Waals surface area contributed by atoms with Gasteiger partial charge >= 0.3 is 18.2 Å². The number of aromatic nitrogens is 1. The number of carbonyl (C=O) groups excluding carboxylic acids is 2. The normalized spacial score (nSPS) is 11.6. The number of carbonyl (C=O) groups is 3. The zero-order chi connectivity index (χ0) is 34.7. The molecule has 4 rings (SSSR count). The molecule has 0 aliphatic rings. The maximum Gasteiger partial charge on any atom is 0.490 e. The van der Waals surface area contributed by atoms with Crippen LogP contribution in [0.2, 0.25) is 0 Å². The molecule has 250 valence electrons. The van der Waals surface area contributed by atoms with Crippen LogP contribution < -0.4 is 36.9 Å². The van der Waals surface area contributed by atoms with Crippen molar-refractivity contribution < 1.29 is 42.1 Å². The Hall–Kier alpha value is -5.73. The predicted molar refractivity (Wildman–Crippen MR) is 171 cm³/mol. The molecule has 15 heteroatoms. The molecule has 0 radical (unpaired) electrons. The minimum Gasteiger partial charge on any atom is -0.490 e. The number of nitrogen functional groups attached to an aromatic ring is 1. The number of ether oxygens (including phenoxy) is 2. The summed E-state index contributed by atoms with van der Waals surface area (Å²) >= 11 is 0. The minimum atomic E-state index is -5.08. The number of aliphatic carboxylic acids is 1. The molecule has 0 aliphatic heterocycles. The molecule has 0 fully saturated rings. The van der Waals surface area contributed by atoms with Crippen LogP contribution in [-0.4, -0.2) is 46.9 Å². The Morgan fingerprint density at radius 2 is 1.70 bits per heavy atom. The van der Waals surface area contributed by atoms with E-state index < -0.39 is 24.2 Å². The maximum atomic E-state index is 13.7. The van der Waals surface area contributed by atoms with Crippen molar-refractivity contribution in [2.75, 3.05) is 23.0 Å². The lowest BCUT2D eigenvalue weighted by atomic mass is 10.0. The zero-order valence-electron chi connectivity index (χ0n) is 25.7. The number of rotatable bonds is 11. The van der Waals surface area contributed by atoms with Gasteiger partial charge in [-0.1, -0.05) is 18.2 Å². The third kappa shape index (κ3) is 10.7. The topological polar surface area (TPSA) is 191 Å². The summed E-state index contributed by atoms with van der Waals surface area (Å²) in [6.45, 7) is 6.45. The Labute approximate surface area is 268 Å². The van der Waals surface area contributed by atoms with Crippen LogP contribution in [-0.2, 0) is 16.1 Å². The fourth-order valence-electron chi connectivity index (χ4n) is 4.27. The second kappa shape index (κ2) is 16.0. The van der Waals surface area contributed by atoms with E-state index in [0.29, 0.717) is 35.2 Å². The van der Waals surface area contributed by atoms with Crippen molar-refractivity contribution in [2.45, 2.75) is 45.6 Å². The van der Waals surface area contributed by atoms with Gasteiger partial charge in [-0.3, -0.25) is 4.79 Å². The summed E-state index contributed by atoms with van der Waals surface area (Å²) in [6.07, 6.45) is -3.48. The zero-order valence-corrected chi connectivity index (χ0v) is 25.7. The molecule has 1 aromatic heterocycles. The Balaban J connectivity index is 0.000000771. The van der Waals surface area contributed by atoms with E-state index in [1.54, 1.807) is 24.4 Å². The number of urea groups is 1. The van der Waals surface area contributed by atoms with E-state index in [4.69, 9.17) is 30.8 Å². The molecule has 1 heterocycles. The van der Waals surface area contributed by atoms with E-state index in [1.807, 2.05) is 69.3 Å². The van der Waals surface area contributed by atoms with Gasteiger partial charge in [-0.25, -0.2) is 14.6 Å². The summed E-state index contributed by atoms with van der Waals surface area (Å²) in [5.74, 6) is -1.42. The largest absolute Gasteiger partial charge is 0.490 e. The monoisotopic (exact) mass is 656 g/mol. The van der Waals surface area contributed by atoms with Crippen LogP contribution in [0.5, 0.6) is 11.5 Å². The number of nitrogens with two attached hydrogens (primary N) is 2. The molecule has 3 amide bonds. The first kappa shape index (κ1) is 35.7. The van der Waals surface area contributed by atoms with Gasteiger partial charge in [0.1, 0.15) is 11.9 Å². The molecule has 3 aromatic carbocycles. The van der Waals surface area contributed by atoms with E-state index in [9.17, 15) is 22.8 Å². The van der Waals surface area contributed by atoms with Gasteiger partial charge in [0.25, 0.3) is 0 Å². The van der Waals surface area contributed by atoms with Gasteiger partial charge in [-0.2, -0.15) is 13.2 Å². The molecule has 12 nitrogen and oxygen atoms in total. The fourth-order valence-corrected chi connectivity index (χ4v) is 4.27. The molecule has 0 aliphatic carbocycles. The number of halogens is 3. The third-order valence-electron chi connectivity index (χ3n) is 6.24. The molecule has 4 aromatic rings. The van der Waals surface area contributed by atoms with Gasteiger partial charge in [0.15, 0.2) is 11.5 Å². The SMILES string of the molecule is CCOc1cc(C(Nc2ccc3c(N)nccc3c2)C(=O)NCc2cccc(NC(N)=O)c2)ccc1OC(C)C.O=C(O)C(F)(F)F. The molecular weight excluding hydrogens is 621 g/mol. The van der Waals surface area contributed by atoms with Crippen molar-refractivity contribution in [2.24, 2.45) is 5.73 Å². The van der Waals surface area contributed by atoms with Crippen molar-refractivity contribution in [3.63, 3.8) is 0 Å². The quantitative estimate of drug-likeness (QED) is 0.119. The Morgan fingerprint density at radius 1 is 0.979 bits per heavy atom. The highest BCUT2D eigenvalue weighted by molar-refractivity contribution is 5.94. The number of pyridine rings is 1. The standard InChI is InChI=1S/C30H34N6O4.C2HF3O2/c1-4-39-26-16-21(8-11-25(26)40-18(2)3)27(35-23-9-10-24-20(15-23)12-13-33-28(24)31)29(37)34-17-19-6-5-7-22(14-19)36-30(32)38;3-2(4,5)1(6)7/h5-16,18,27,35H,4,17H2,1-3H3,(H2,31,33)(H,34,37)(H3,32,36,38);(H,6,7). The number of alkyl halides is 3. The molecule has 0 saturated heterocycles. The van der Waals surface area contributed by atoms with Crippen molar-refractivity contribution >= 4 is 45.9 Å². The molecule has 47 heavy (non-hydrogen) atoms. The van der Waals surface area contributed by atoms with Gasteiger partial charge in [0, 0.05) is 29.5 Å². The number of hydrogen-bond donors (Lipinski definition) is 6. The highest BCUT2D eigenvalue weighted by Crippen LogP contribution is 2.33. The maximum absolute atomic E-state index is 13.7. The van der Waals surface area contributed by atoms with E-state index in [1.165, 1.54) is 0 Å². The molecule has 8 N–H and O–H groups in total. The molecule has 1 atom stereocenters. The van der Waals surface area contributed by atoms with Crippen LogP contribution in [0, 0.1) is 0 Å². The molecule has 0 spiro atoms. The highest BCUT2D eigenvalue weighted by atomic mass is 19.4. The fraction of sp³-hybridized carbons (Fsp3) is 0.250. The molecule has 0 saturated carbocycles. The number of fused-ring (bicyclic) bond motifs is 1. The van der Waals surface area contributed by atoms with Gasteiger partial charge in [-0.15, -0.1) is 0 Å². The van der Waals surface area contributed by atoms with Crippen LogP contribution in [0.4, 0.5) is 35.2 Å². The Kier molecular flexibility index (Phi) is 12.2. The number of amides is 3. The van der Waals surface area contributed by atoms with Gasteiger partial charge in [-0.05, 0) is 85.8 Å². The van der Waals surface area contributed by atoms with Crippen molar-refractivity contribution in [1.82, 2.24) is 10.3 Å². The molecule has 0 bridgehead atoms. The summed E-state index contributed by atoms with van der Waals surface area (Å²) in [6, 6.07) is 18.7. The summed E-state index contributed by atoms with van der Waals surface area (Å²) in [4.78, 5) is 37.9. The smallest absolute Gasteiger partial charge is 0.490 e. The van der Waals surface area contributed by atoms with Crippen LogP contribution in [0.3, 0.4) is 0 Å². The van der Waals surface area contributed by atoms with Crippen LogP contribution in [0.1, 0.15) is 37.9 Å². The Bertz CT molecular complexity index is 1720. The average Bonchev–Trinajstić information content (AvgIpc) is 2.99. The summed E-state index contributed by atoms with van der Waals surface area (Å²) in [7, 11) is 0. The summed E-state index contributed by atoms with van der Waals surface area (Å²) < 4.78 is 43.5. The predicted octanol–water partition coefficient (Wildman–Crippen LogP) is 5.60. The van der Waals surface area contributed by atoms with E-state index in [0.717, 1.165) is 22.0 Å². The van der Waals surface area contributed by atoms with Gasteiger partial charge in [0.05, 0.1) is 12.7 Å². The third-order valence-corrected chi connectivity index (χ3v) is 6.24. The number of carboxylic acids is 1.